The first-order valence-electron chi connectivity index (χ1n) is 4.02. The molecule has 0 radical (unpaired) electrons. The first-order chi connectivity index (χ1) is 4.95. The maximum absolute atomic E-state index is 9.74. The van der Waals surface area contributed by atoms with Crippen molar-refractivity contribution in [2.75, 3.05) is 0 Å². The molecule has 1 fully saturated rings. The molecular formula is C10H16O. The van der Waals surface area contributed by atoms with Crippen LogP contribution in [0.4, 0.5) is 0 Å². The fourth-order valence-corrected chi connectivity index (χ4v) is 1.68. The summed E-state index contributed by atoms with van der Waals surface area (Å²) >= 11 is 0. The standard InChI is InChI=1S/C10H16O/c1-7(2)9-5-6-10(4,11)8(9)3/h9,11H,1,3,5-6H2,2,4H3/t9-,10-/m1/s1. The van der Waals surface area contributed by atoms with Gasteiger partial charge in [-0.25, -0.2) is 0 Å². The molecule has 0 aromatic heterocycles. The van der Waals surface area contributed by atoms with Gasteiger partial charge in [-0.05, 0) is 32.3 Å². The summed E-state index contributed by atoms with van der Waals surface area (Å²) in [7, 11) is 0. The lowest BCUT2D eigenvalue weighted by molar-refractivity contribution is 0.106. The summed E-state index contributed by atoms with van der Waals surface area (Å²) in [6, 6.07) is 0. The second-order valence-electron chi connectivity index (χ2n) is 3.74. The molecule has 0 aromatic carbocycles. The van der Waals surface area contributed by atoms with Crippen LogP contribution in [0.15, 0.2) is 24.3 Å². The van der Waals surface area contributed by atoms with Crippen molar-refractivity contribution in [2.45, 2.75) is 32.3 Å². The topological polar surface area (TPSA) is 20.2 Å². The Labute approximate surface area is 68.4 Å². The SMILES string of the molecule is C=C(C)[C@H]1CC[C@@](C)(O)C1=C. The van der Waals surface area contributed by atoms with Crippen LogP contribution >= 0.6 is 0 Å². The minimum absolute atomic E-state index is 0.338. The monoisotopic (exact) mass is 152 g/mol. The molecule has 1 N–H and O–H groups in total. The van der Waals surface area contributed by atoms with Gasteiger partial charge in [0.05, 0.1) is 5.60 Å². The Kier molecular flexibility index (Phi) is 1.93. The van der Waals surface area contributed by atoms with Gasteiger partial charge in [0.1, 0.15) is 0 Å². The fourth-order valence-electron chi connectivity index (χ4n) is 1.68. The Morgan fingerprint density at radius 1 is 1.73 bits per heavy atom. The summed E-state index contributed by atoms with van der Waals surface area (Å²) in [6.07, 6.45) is 1.82. The summed E-state index contributed by atoms with van der Waals surface area (Å²) < 4.78 is 0. The van der Waals surface area contributed by atoms with Gasteiger partial charge in [0.25, 0.3) is 0 Å². The maximum atomic E-state index is 9.74. The Bertz CT molecular complexity index is 201. The van der Waals surface area contributed by atoms with Gasteiger partial charge >= 0.3 is 0 Å². The second-order valence-corrected chi connectivity index (χ2v) is 3.74. The Morgan fingerprint density at radius 3 is 2.45 bits per heavy atom. The lowest BCUT2D eigenvalue weighted by Gasteiger charge is -2.20. The quantitative estimate of drug-likeness (QED) is 0.571. The Morgan fingerprint density at radius 2 is 2.27 bits per heavy atom. The van der Waals surface area contributed by atoms with Gasteiger partial charge in [-0.1, -0.05) is 18.7 Å². The molecule has 2 atom stereocenters. The van der Waals surface area contributed by atoms with Crippen molar-refractivity contribution in [2.24, 2.45) is 5.92 Å². The molecule has 1 nitrogen and oxygen atoms in total. The molecule has 0 heterocycles. The van der Waals surface area contributed by atoms with Crippen LogP contribution in [0.5, 0.6) is 0 Å². The molecule has 0 bridgehead atoms. The summed E-state index contributed by atoms with van der Waals surface area (Å²) in [5.74, 6) is 0.338. The highest BCUT2D eigenvalue weighted by atomic mass is 16.3. The van der Waals surface area contributed by atoms with E-state index in [4.69, 9.17) is 0 Å². The van der Waals surface area contributed by atoms with Crippen molar-refractivity contribution in [1.29, 1.82) is 0 Å². The van der Waals surface area contributed by atoms with E-state index in [0.29, 0.717) is 5.92 Å². The molecule has 1 rings (SSSR count). The number of hydrogen-bond donors (Lipinski definition) is 1. The van der Waals surface area contributed by atoms with E-state index in [9.17, 15) is 5.11 Å². The van der Waals surface area contributed by atoms with E-state index in [-0.39, 0.29) is 0 Å². The van der Waals surface area contributed by atoms with Gasteiger partial charge in [0.2, 0.25) is 0 Å². The van der Waals surface area contributed by atoms with Gasteiger partial charge < -0.3 is 5.11 Å². The van der Waals surface area contributed by atoms with Crippen LogP contribution < -0.4 is 0 Å². The van der Waals surface area contributed by atoms with Gasteiger partial charge in [-0.3, -0.25) is 0 Å². The molecule has 0 unspecified atom stereocenters. The average molecular weight is 152 g/mol. The smallest absolute Gasteiger partial charge is 0.0832 e. The summed E-state index contributed by atoms with van der Waals surface area (Å²) in [6.45, 7) is 11.6. The summed E-state index contributed by atoms with van der Waals surface area (Å²) in [5.41, 5.74) is 1.40. The van der Waals surface area contributed by atoms with Crippen molar-refractivity contribution >= 4 is 0 Å². The molecular weight excluding hydrogens is 136 g/mol. The third-order valence-corrected chi connectivity index (χ3v) is 2.63. The van der Waals surface area contributed by atoms with Crippen molar-refractivity contribution in [3.05, 3.63) is 24.3 Å². The predicted octanol–water partition coefficient (Wildman–Crippen LogP) is 2.28. The molecule has 1 saturated carbocycles. The molecule has 0 saturated heterocycles. The number of hydrogen-bond acceptors (Lipinski definition) is 1. The van der Waals surface area contributed by atoms with Crippen LogP contribution in [0.3, 0.4) is 0 Å². The van der Waals surface area contributed by atoms with E-state index in [2.05, 4.69) is 13.2 Å². The van der Waals surface area contributed by atoms with Crippen LogP contribution in [0.2, 0.25) is 0 Å². The van der Waals surface area contributed by atoms with Crippen molar-refractivity contribution in [3.8, 4) is 0 Å². The highest BCUT2D eigenvalue weighted by molar-refractivity contribution is 5.27. The van der Waals surface area contributed by atoms with Crippen molar-refractivity contribution in [1.82, 2.24) is 0 Å². The molecule has 0 aliphatic heterocycles. The number of allylic oxidation sites excluding steroid dienone is 1. The molecule has 11 heavy (non-hydrogen) atoms. The molecule has 1 aliphatic rings. The predicted molar refractivity (Wildman–Crippen MR) is 47.3 cm³/mol. The average Bonchev–Trinajstić information content (AvgIpc) is 2.09. The van der Waals surface area contributed by atoms with Crippen molar-refractivity contribution < 1.29 is 5.11 Å². The molecule has 0 spiro atoms. The minimum Gasteiger partial charge on any atom is -0.386 e. The van der Waals surface area contributed by atoms with E-state index < -0.39 is 5.60 Å². The largest absolute Gasteiger partial charge is 0.386 e. The second kappa shape index (κ2) is 2.49. The van der Waals surface area contributed by atoms with Gasteiger partial charge in [-0.15, -0.1) is 0 Å². The summed E-state index contributed by atoms with van der Waals surface area (Å²) in [5, 5.41) is 9.74. The minimum atomic E-state index is -0.649. The maximum Gasteiger partial charge on any atom is 0.0832 e. The number of aliphatic hydroxyl groups is 1. The van der Waals surface area contributed by atoms with Gasteiger partial charge in [-0.2, -0.15) is 0 Å². The molecule has 1 heteroatoms. The van der Waals surface area contributed by atoms with Crippen LogP contribution in [-0.4, -0.2) is 10.7 Å². The fraction of sp³-hybridized carbons (Fsp3) is 0.600. The van der Waals surface area contributed by atoms with E-state index >= 15 is 0 Å². The normalized spacial score (nSPS) is 37.7. The third kappa shape index (κ3) is 1.38. The van der Waals surface area contributed by atoms with E-state index in [0.717, 1.165) is 24.0 Å². The van der Waals surface area contributed by atoms with Crippen LogP contribution in [0.25, 0.3) is 0 Å². The highest BCUT2D eigenvalue weighted by Gasteiger charge is 2.36. The molecule has 0 amide bonds. The first kappa shape index (κ1) is 8.54. The molecule has 1 aliphatic carbocycles. The van der Waals surface area contributed by atoms with E-state index in [1.807, 2.05) is 13.8 Å². The van der Waals surface area contributed by atoms with Gasteiger partial charge in [0.15, 0.2) is 0 Å². The summed E-state index contributed by atoms with van der Waals surface area (Å²) in [4.78, 5) is 0. The van der Waals surface area contributed by atoms with Crippen molar-refractivity contribution in [3.63, 3.8) is 0 Å². The van der Waals surface area contributed by atoms with Crippen LogP contribution in [-0.2, 0) is 0 Å². The third-order valence-electron chi connectivity index (χ3n) is 2.63. The Hall–Kier alpha value is -0.560. The highest BCUT2D eigenvalue weighted by Crippen LogP contribution is 2.41. The Balaban J connectivity index is 2.79. The molecule has 62 valence electrons. The zero-order valence-corrected chi connectivity index (χ0v) is 7.35. The van der Waals surface area contributed by atoms with E-state index in [1.165, 1.54) is 0 Å². The molecule has 0 aromatic rings. The lowest BCUT2D eigenvalue weighted by atomic mass is 9.92. The zero-order chi connectivity index (χ0) is 8.65. The lowest BCUT2D eigenvalue weighted by Crippen LogP contribution is -2.22. The zero-order valence-electron chi connectivity index (χ0n) is 7.35. The number of rotatable bonds is 1. The van der Waals surface area contributed by atoms with Crippen LogP contribution in [0.1, 0.15) is 26.7 Å². The van der Waals surface area contributed by atoms with E-state index in [1.54, 1.807) is 0 Å². The van der Waals surface area contributed by atoms with Gasteiger partial charge in [0, 0.05) is 5.92 Å². The van der Waals surface area contributed by atoms with Crippen LogP contribution in [0, 0.1) is 5.92 Å². The first-order valence-corrected chi connectivity index (χ1v) is 4.02.